The molecule has 0 saturated carbocycles. The summed E-state index contributed by atoms with van der Waals surface area (Å²) < 4.78 is 26.6. The number of imide groups is 1. The Morgan fingerprint density at radius 2 is 1.12 bits per heavy atom. The van der Waals surface area contributed by atoms with Crippen LogP contribution in [0.4, 0.5) is 0 Å². The monoisotopic (exact) mass is 471 g/mol. The number of hydrogen-bond donors (Lipinski definition) is 0. The van der Waals surface area contributed by atoms with Crippen molar-refractivity contribution in [2.75, 3.05) is 66.0 Å². The first kappa shape index (κ1) is 29.2. The quantitative estimate of drug-likeness (QED) is 0.127. The summed E-state index contributed by atoms with van der Waals surface area (Å²) in [5.74, 6) is -0.763. The van der Waals surface area contributed by atoms with Crippen molar-refractivity contribution in [3.63, 3.8) is 0 Å². The van der Waals surface area contributed by atoms with Gasteiger partial charge in [-0.2, -0.15) is 0 Å². The first-order valence-corrected chi connectivity index (χ1v) is 12.1. The molecule has 1 aliphatic rings. The number of unbranched alkanes of at least 4 members (excludes halogenated alkanes) is 6. The molecule has 0 spiro atoms. The molecule has 33 heavy (non-hydrogen) atoms. The average Bonchev–Trinajstić information content (AvgIpc) is 3.13. The summed E-state index contributed by atoms with van der Waals surface area (Å²) in [6, 6.07) is 0. The minimum atomic E-state index is -0.305. The highest BCUT2D eigenvalue weighted by Gasteiger charge is 2.22. The summed E-state index contributed by atoms with van der Waals surface area (Å²) in [5.41, 5.74) is 0. The summed E-state index contributed by atoms with van der Waals surface area (Å²) in [7, 11) is 0. The third-order valence-electron chi connectivity index (χ3n) is 4.95. The smallest absolute Gasteiger partial charge is 0.305 e. The van der Waals surface area contributed by atoms with Crippen LogP contribution in [0.3, 0.4) is 0 Å². The Morgan fingerprint density at radius 1 is 0.667 bits per heavy atom. The van der Waals surface area contributed by atoms with Crippen LogP contribution >= 0.6 is 0 Å². The van der Waals surface area contributed by atoms with Gasteiger partial charge in [0.1, 0.15) is 6.61 Å². The summed E-state index contributed by atoms with van der Waals surface area (Å²) in [4.78, 5) is 35.5. The van der Waals surface area contributed by atoms with Crippen LogP contribution in [0.5, 0.6) is 0 Å². The van der Waals surface area contributed by atoms with Crippen molar-refractivity contribution in [2.45, 2.75) is 58.3 Å². The van der Waals surface area contributed by atoms with E-state index in [2.05, 4.69) is 6.92 Å². The SMILES string of the molecule is CCCCCCCCCC(=O)OCCOCCOCCOCCOCCN1C(=O)C=CC1=O. The second-order valence-corrected chi connectivity index (χ2v) is 7.70. The molecule has 190 valence electrons. The third-order valence-corrected chi connectivity index (χ3v) is 4.95. The van der Waals surface area contributed by atoms with E-state index < -0.39 is 0 Å². The van der Waals surface area contributed by atoms with E-state index in [0.29, 0.717) is 52.7 Å². The molecule has 0 saturated heterocycles. The number of carbonyl (C=O) groups is 3. The van der Waals surface area contributed by atoms with Crippen molar-refractivity contribution in [3.05, 3.63) is 12.2 Å². The Morgan fingerprint density at radius 3 is 1.67 bits per heavy atom. The molecule has 0 aromatic carbocycles. The molecule has 0 unspecified atom stereocenters. The van der Waals surface area contributed by atoms with Gasteiger partial charge in [0.2, 0.25) is 0 Å². The molecule has 1 rings (SSSR count). The molecule has 0 aromatic rings. The van der Waals surface area contributed by atoms with E-state index in [-0.39, 0.29) is 37.5 Å². The molecule has 2 amide bonds. The van der Waals surface area contributed by atoms with Gasteiger partial charge >= 0.3 is 5.97 Å². The van der Waals surface area contributed by atoms with Gasteiger partial charge in [0.25, 0.3) is 11.8 Å². The number of amides is 2. The molecule has 9 heteroatoms. The van der Waals surface area contributed by atoms with Gasteiger partial charge in [0.15, 0.2) is 0 Å². The lowest BCUT2D eigenvalue weighted by molar-refractivity contribution is -0.145. The van der Waals surface area contributed by atoms with Crippen molar-refractivity contribution in [2.24, 2.45) is 0 Å². The molecule has 0 bridgehead atoms. The molecule has 0 radical (unpaired) electrons. The fourth-order valence-electron chi connectivity index (χ4n) is 3.08. The van der Waals surface area contributed by atoms with Crippen LogP contribution in [-0.4, -0.2) is 88.7 Å². The minimum Gasteiger partial charge on any atom is -0.463 e. The number of ether oxygens (including phenoxy) is 5. The van der Waals surface area contributed by atoms with Crippen molar-refractivity contribution in [1.29, 1.82) is 0 Å². The van der Waals surface area contributed by atoms with Crippen LogP contribution in [0, 0.1) is 0 Å². The second kappa shape index (κ2) is 20.8. The lowest BCUT2D eigenvalue weighted by atomic mass is 10.1. The van der Waals surface area contributed by atoms with E-state index in [9.17, 15) is 14.4 Å². The van der Waals surface area contributed by atoms with E-state index in [1.54, 1.807) is 0 Å². The molecule has 0 fully saturated rings. The highest BCUT2D eigenvalue weighted by molar-refractivity contribution is 6.12. The first-order chi connectivity index (χ1) is 16.1. The molecule has 1 aliphatic heterocycles. The van der Waals surface area contributed by atoms with Crippen molar-refractivity contribution in [3.8, 4) is 0 Å². The highest BCUT2D eigenvalue weighted by Crippen LogP contribution is 2.08. The van der Waals surface area contributed by atoms with E-state index in [1.165, 1.54) is 44.3 Å². The summed E-state index contributed by atoms with van der Waals surface area (Å²) in [6.07, 6.45) is 11.3. The van der Waals surface area contributed by atoms with Crippen molar-refractivity contribution < 1.29 is 38.1 Å². The Hall–Kier alpha value is -1.81. The zero-order valence-corrected chi connectivity index (χ0v) is 20.1. The predicted octanol–water partition coefficient (Wildman–Crippen LogP) is 2.66. The van der Waals surface area contributed by atoms with Crippen molar-refractivity contribution >= 4 is 17.8 Å². The van der Waals surface area contributed by atoms with E-state index in [1.807, 2.05) is 0 Å². The van der Waals surface area contributed by atoms with E-state index in [4.69, 9.17) is 23.7 Å². The van der Waals surface area contributed by atoms with Crippen LogP contribution in [0.15, 0.2) is 12.2 Å². The molecule has 9 nitrogen and oxygen atoms in total. The molecular formula is C24H41NO8. The zero-order chi connectivity index (χ0) is 24.0. The number of carbonyl (C=O) groups excluding carboxylic acids is 3. The van der Waals surface area contributed by atoms with Crippen LogP contribution in [0.25, 0.3) is 0 Å². The fourth-order valence-corrected chi connectivity index (χ4v) is 3.08. The van der Waals surface area contributed by atoms with Crippen LogP contribution in [-0.2, 0) is 38.1 Å². The number of hydrogen-bond acceptors (Lipinski definition) is 8. The number of rotatable bonds is 23. The standard InChI is InChI=1S/C24H41NO8/c1-2-3-4-5-6-7-8-9-24(28)33-21-20-32-19-18-31-17-16-30-15-14-29-13-12-25-22(26)10-11-23(25)27/h10-11H,2-9,12-21H2,1H3. The number of nitrogens with zero attached hydrogens (tertiary/aromatic N) is 1. The Kier molecular flexibility index (Phi) is 18.4. The minimum absolute atomic E-state index is 0.153. The van der Waals surface area contributed by atoms with Gasteiger partial charge in [-0.1, -0.05) is 45.4 Å². The number of esters is 1. The van der Waals surface area contributed by atoms with Gasteiger partial charge in [0.05, 0.1) is 59.4 Å². The molecule has 0 N–H and O–H groups in total. The normalized spacial score (nSPS) is 13.3. The van der Waals surface area contributed by atoms with Crippen molar-refractivity contribution in [1.82, 2.24) is 4.90 Å². The summed E-state index contributed by atoms with van der Waals surface area (Å²) in [6.45, 7) is 5.91. The Balaban J connectivity index is 1.73. The molecular weight excluding hydrogens is 430 g/mol. The fraction of sp³-hybridized carbons (Fsp3) is 0.792. The Labute approximate surface area is 197 Å². The van der Waals surface area contributed by atoms with E-state index in [0.717, 1.165) is 17.7 Å². The first-order valence-electron chi connectivity index (χ1n) is 12.1. The van der Waals surface area contributed by atoms with Crippen LogP contribution in [0.2, 0.25) is 0 Å². The van der Waals surface area contributed by atoms with Gasteiger partial charge < -0.3 is 23.7 Å². The lowest BCUT2D eigenvalue weighted by Gasteiger charge is -2.13. The molecule has 0 aromatic heterocycles. The third kappa shape index (κ3) is 16.4. The van der Waals surface area contributed by atoms with Crippen LogP contribution < -0.4 is 0 Å². The highest BCUT2D eigenvalue weighted by atomic mass is 16.6. The van der Waals surface area contributed by atoms with Gasteiger partial charge in [-0.3, -0.25) is 19.3 Å². The Bertz CT molecular complexity index is 549. The molecule has 0 aliphatic carbocycles. The summed E-state index contributed by atoms with van der Waals surface area (Å²) >= 11 is 0. The van der Waals surface area contributed by atoms with Gasteiger partial charge in [-0.05, 0) is 6.42 Å². The molecule has 0 atom stereocenters. The predicted molar refractivity (Wildman–Crippen MR) is 123 cm³/mol. The maximum Gasteiger partial charge on any atom is 0.305 e. The van der Waals surface area contributed by atoms with Gasteiger partial charge in [-0.15, -0.1) is 0 Å². The second-order valence-electron chi connectivity index (χ2n) is 7.70. The maximum absolute atomic E-state index is 11.6. The van der Waals surface area contributed by atoms with Gasteiger partial charge in [-0.25, -0.2) is 0 Å². The lowest BCUT2D eigenvalue weighted by Crippen LogP contribution is -2.33. The topological polar surface area (TPSA) is 101 Å². The maximum atomic E-state index is 11.6. The largest absolute Gasteiger partial charge is 0.463 e. The van der Waals surface area contributed by atoms with E-state index >= 15 is 0 Å². The van der Waals surface area contributed by atoms with Gasteiger partial charge in [0, 0.05) is 18.6 Å². The summed E-state index contributed by atoms with van der Waals surface area (Å²) in [5, 5.41) is 0. The average molecular weight is 472 g/mol. The molecule has 1 heterocycles. The van der Waals surface area contributed by atoms with Crippen LogP contribution in [0.1, 0.15) is 58.3 Å². The zero-order valence-electron chi connectivity index (χ0n) is 20.1.